The number of hydrogen-bond acceptors (Lipinski definition) is 5. The van der Waals surface area contributed by atoms with E-state index in [-0.39, 0.29) is 29.0 Å². The van der Waals surface area contributed by atoms with Gasteiger partial charge in [-0.3, -0.25) is 13.9 Å². The van der Waals surface area contributed by atoms with Gasteiger partial charge in [0.05, 0.1) is 17.7 Å². The van der Waals surface area contributed by atoms with Crippen molar-refractivity contribution in [3.05, 3.63) is 89.5 Å². The highest BCUT2D eigenvalue weighted by Crippen LogP contribution is 2.32. The summed E-state index contributed by atoms with van der Waals surface area (Å²) in [5, 5.41) is 2.90. The quantitative estimate of drug-likeness (QED) is 0.344. The summed E-state index contributed by atoms with van der Waals surface area (Å²) in [4.78, 5) is 28.7. The van der Waals surface area contributed by atoms with Crippen molar-refractivity contribution in [1.82, 2.24) is 10.2 Å². The first-order chi connectivity index (χ1) is 18.9. The van der Waals surface area contributed by atoms with Crippen LogP contribution in [0.1, 0.15) is 37.5 Å². The van der Waals surface area contributed by atoms with Gasteiger partial charge in [0.15, 0.2) is 0 Å². The lowest BCUT2D eigenvalue weighted by atomic mass is 10.1. The van der Waals surface area contributed by atoms with Gasteiger partial charge in [-0.2, -0.15) is 0 Å². The number of sulfonamides is 1. The van der Waals surface area contributed by atoms with E-state index < -0.39 is 28.5 Å². The third kappa shape index (κ3) is 7.41. The Morgan fingerprint density at radius 3 is 2.15 bits per heavy atom. The first kappa shape index (κ1) is 30.7. The minimum atomic E-state index is -4.18. The zero-order chi connectivity index (χ0) is 29.4. The lowest BCUT2D eigenvalue weighted by molar-refractivity contribution is -0.139. The molecule has 3 aromatic carbocycles. The third-order valence-corrected chi connectivity index (χ3v) is 8.47. The van der Waals surface area contributed by atoms with Gasteiger partial charge < -0.3 is 15.0 Å². The predicted molar refractivity (Wildman–Crippen MR) is 158 cm³/mol. The number of nitrogens with zero attached hydrogens (tertiary/aromatic N) is 2. The number of para-hydroxylation sites is 2. The van der Waals surface area contributed by atoms with E-state index in [1.165, 1.54) is 24.1 Å². The molecular weight excluding hydrogens is 526 g/mol. The van der Waals surface area contributed by atoms with Crippen LogP contribution in [-0.2, 0) is 26.2 Å². The molecule has 0 bridgehead atoms. The summed E-state index contributed by atoms with van der Waals surface area (Å²) in [6, 6.07) is 19.9. The van der Waals surface area contributed by atoms with E-state index in [0.29, 0.717) is 12.3 Å². The highest BCUT2D eigenvalue weighted by molar-refractivity contribution is 7.92. The Bertz CT molecular complexity index is 1420. The summed E-state index contributed by atoms with van der Waals surface area (Å²) in [6.07, 6.45) is 0. The van der Waals surface area contributed by atoms with Crippen LogP contribution in [0.15, 0.2) is 77.7 Å². The molecule has 8 nitrogen and oxygen atoms in total. The number of hydrogen-bond donors (Lipinski definition) is 1. The van der Waals surface area contributed by atoms with Gasteiger partial charge in [0.2, 0.25) is 11.8 Å². The summed E-state index contributed by atoms with van der Waals surface area (Å²) in [5.41, 5.74) is 2.96. The molecule has 0 fully saturated rings. The molecule has 1 N–H and O–H groups in total. The zero-order valence-electron chi connectivity index (χ0n) is 24.0. The van der Waals surface area contributed by atoms with E-state index in [1.54, 1.807) is 43.3 Å². The topological polar surface area (TPSA) is 96.0 Å². The fourth-order valence-corrected chi connectivity index (χ4v) is 5.62. The second-order valence-electron chi connectivity index (χ2n) is 10.3. The Labute approximate surface area is 238 Å². The molecule has 0 unspecified atom stereocenters. The van der Waals surface area contributed by atoms with Crippen LogP contribution < -0.4 is 14.4 Å². The van der Waals surface area contributed by atoms with Crippen molar-refractivity contribution in [2.24, 2.45) is 5.92 Å². The number of amides is 2. The number of rotatable bonds is 12. The third-order valence-electron chi connectivity index (χ3n) is 6.70. The van der Waals surface area contributed by atoms with E-state index in [1.807, 2.05) is 52.0 Å². The molecule has 3 rings (SSSR count). The average Bonchev–Trinajstić information content (AvgIpc) is 2.93. The molecule has 0 radical (unpaired) electrons. The van der Waals surface area contributed by atoms with Crippen molar-refractivity contribution in [2.75, 3.05) is 24.5 Å². The predicted octanol–water partition coefficient (Wildman–Crippen LogP) is 4.70. The van der Waals surface area contributed by atoms with Gasteiger partial charge in [0.1, 0.15) is 18.3 Å². The zero-order valence-corrected chi connectivity index (χ0v) is 24.9. The second kappa shape index (κ2) is 13.5. The standard InChI is InChI=1S/C31H39N3O5S/c1-22(2)19-32-31(36)25(5)33(20-26-12-8-7-11-24(26)4)30(35)21-34(28-13-9-10-14-29(28)39-6)40(37,38)27-17-15-23(3)16-18-27/h7-18,22,25H,19-21H2,1-6H3,(H,32,36)/t25-/m0/s1. The van der Waals surface area contributed by atoms with E-state index in [9.17, 15) is 18.0 Å². The molecule has 9 heteroatoms. The average molecular weight is 566 g/mol. The first-order valence-corrected chi connectivity index (χ1v) is 14.7. The van der Waals surface area contributed by atoms with Gasteiger partial charge in [-0.1, -0.05) is 67.9 Å². The van der Waals surface area contributed by atoms with Crippen LogP contribution in [0.2, 0.25) is 0 Å². The minimum Gasteiger partial charge on any atom is -0.495 e. The van der Waals surface area contributed by atoms with Crippen molar-refractivity contribution < 1.29 is 22.7 Å². The molecule has 0 saturated heterocycles. The SMILES string of the molecule is COc1ccccc1N(CC(=O)N(Cc1ccccc1C)[C@@H](C)C(=O)NCC(C)C)S(=O)(=O)c1ccc(C)cc1. The van der Waals surface area contributed by atoms with Gasteiger partial charge in [0.25, 0.3) is 10.0 Å². The number of methoxy groups -OCH3 is 1. The maximum Gasteiger partial charge on any atom is 0.264 e. The molecule has 1 atom stereocenters. The molecular formula is C31H39N3O5S. The minimum absolute atomic E-state index is 0.0463. The van der Waals surface area contributed by atoms with Gasteiger partial charge in [-0.15, -0.1) is 0 Å². The van der Waals surface area contributed by atoms with Gasteiger partial charge in [-0.05, 0) is 62.1 Å². The van der Waals surface area contributed by atoms with Gasteiger partial charge >= 0.3 is 0 Å². The number of aryl methyl sites for hydroxylation is 2. The maximum absolute atomic E-state index is 14.1. The number of carbonyl (C=O) groups is 2. The number of carbonyl (C=O) groups excluding carboxylic acids is 2. The summed E-state index contributed by atoms with van der Waals surface area (Å²) in [5.74, 6) is -0.283. The second-order valence-corrected chi connectivity index (χ2v) is 12.1. The Morgan fingerprint density at radius 2 is 1.52 bits per heavy atom. The van der Waals surface area contributed by atoms with Crippen LogP contribution in [0, 0.1) is 19.8 Å². The highest BCUT2D eigenvalue weighted by atomic mass is 32.2. The summed E-state index contributed by atoms with van der Waals surface area (Å²) in [6.45, 7) is 9.52. The Kier molecular flexibility index (Phi) is 10.3. The monoisotopic (exact) mass is 565 g/mol. The summed E-state index contributed by atoms with van der Waals surface area (Å²) >= 11 is 0. The fraction of sp³-hybridized carbons (Fsp3) is 0.355. The normalized spacial score (nSPS) is 12.1. The lowest BCUT2D eigenvalue weighted by Gasteiger charge is -2.32. The lowest BCUT2D eigenvalue weighted by Crippen LogP contribution is -2.51. The molecule has 0 heterocycles. The molecule has 0 saturated carbocycles. The van der Waals surface area contributed by atoms with Gasteiger partial charge in [0, 0.05) is 13.1 Å². The van der Waals surface area contributed by atoms with E-state index in [0.717, 1.165) is 21.0 Å². The van der Waals surface area contributed by atoms with Crippen LogP contribution in [0.25, 0.3) is 0 Å². The summed E-state index contributed by atoms with van der Waals surface area (Å²) < 4.78 is 34.5. The van der Waals surface area contributed by atoms with E-state index >= 15 is 0 Å². The number of ether oxygens (including phenoxy) is 1. The molecule has 214 valence electrons. The van der Waals surface area contributed by atoms with Crippen molar-refractivity contribution >= 4 is 27.5 Å². The highest BCUT2D eigenvalue weighted by Gasteiger charge is 2.33. The number of nitrogens with one attached hydrogen (secondary N) is 1. The summed E-state index contributed by atoms with van der Waals surface area (Å²) in [7, 11) is -2.73. The number of anilines is 1. The maximum atomic E-state index is 14.1. The molecule has 0 aliphatic rings. The molecule has 0 aliphatic carbocycles. The number of benzene rings is 3. The largest absolute Gasteiger partial charge is 0.495 e. The molecule has 0 spiro atoms. The van der Waals surface area contributed by atoms with E-state index in [2.05, 4.69) is 5.32 Å². The first-order valence-electron chi connectivity index (χ1n) is 13.3. The van der Waals surface area contributed by atoms with E-state index in [4.69, 9.17) is 4.74 Å². The molecule has 3 aromatic rings. The van der Waals surface area contributed by atoms with Crippen LogP contribution in [0.4, 0.5) is 5.69 Å². The smallest absolute Gasteiger partial charge is 0.264 e. The Morgan fingerprint density at radius 1 is 0.900 bits per heavy atom. The van der Waals surface area contributed by atoms with Crippen molar-refractivity contribution in [3.8, 4) is 5.75 Å². The Hall–Kier alpha value is -3.85. The molecule has 40 heavy (non-hydrogen) atoms. The van der Waals surface area contributed by atoms with Gasteiger partial charge in [-0.25, -0.2) is 8.42 Å². The van der Waals surface area contributed by atoms with Crippen molar-refractivity contribution in [1.29, 1.82) is 0 Å². The van der Waals surface area contributed by atoms with Crippen LogP contribution >= 0.6 is 0 Å². The molecule has 0 aromatic heterocycles. The van der Waals surface area contributed by atoms with Crippen molar-refractivity contribution in [3.63, 3.8) is 0 Å². The fourth-order valence-electron chi connectivity index (χ4n) is 4.19. The molecule has 2 amide bonds. The van der Waals surface area contributed by atoms with Crippen LogP contribution in [0.5, 0.6) is 5.75 Å². The molecule has 0 aliphatic heterocycles. The van der Waals surface area contributed by atoms with Crippen LogP contribution in [-0.4, -0.2) is 51.4 Å². The van der Waals surface area contributed by atoms with Crippen LogP contribution in [0.3, 0.4) is 0 Å². The Balaban J connectivity index is 2.06. The van der Waals surface area contributed by atoms with Crippen molar-refractivity contribution in [2.45, 2.75) is 52.1 Å².